The average molecular weight is 661 g/mol. The normalized spacial score (nSPS) is 11.7. The van der Waals surface area contributed by atoms with Crippen LogP contribution < -0.4 is 25.4 Å². The van der Waals surface area contributed by atoms with Gasteiger partial charge < -0.3 is 25.4 Å². The second-order valence-corrected chi connectivity index (χ2v) is 11.6. The van der Waals surface area contributed by atoms with Gasteiger partial charge in [0.2, 0.25) is 5.91 Å². The fraction of sp³-hybridized carbons (Fsp3) is 0.121. The molecule has 0 aliphatic rings. The number of carbonyl (C=O) groups excluding carboxylic acids is 3. The minimum atomic E-state index is -0.498. The Labute approximate surface area is 263 Å². The molecule has 1 unspecified atom stereocenters. The summed E-state index contributed by atoms with van der Waals surface area (Å²) in [5, 5.41) is 8.03. The minimum absolute atomic E-state index is 0.0741. The smallest absolute Gasteiger partial charge is 0.272 e. The molecule has 0 aromatic heterocycles. The molecule has 0 fully saturated rings. The zero-order valence-electron chi connectivity index (χ0n) is 23.7. The maximum Gasteiger partial charge on any atom is 0.272 e. The Hall–Kier alpha value is -4.54. The Morgan fingerprint density at radius 2 is 1.60 bits per heavy atom. The Bertz CT molecular complexity index is 1640. The number of halogens is 1. The van der Waals surface area contributed by atoms with Gasteiger partial charge in [-0.05, 0) is 73.2 Å². The van der Waals surface area contributed by atoms with Crippen LogP contribution in [0.2, 0.25) is 0 Å². The van der Waals surface area contributed by atoms with Crippen LogP contribution >= 0.6 is 27.7 Å². The summed E-state index contributed by atoms with van der Waals surface area (Å²) < 4.78 is 11.5. The van der Waals surface area contributed by atoms with Gasteiger partial charge in [0.15, 0.2) is 0 Å². The summed E-state index contributed by atoms with van der Waals surface area (Å²) in [5.74, 6) is -0.0276. The molecule has 3 N–H and O–H groups in total. The first-order valence-corrected chi connectivity index (χ1v) is 14.9. The van der Waals surface area contributed by atoms with Gasteiger partial charge in [0, 0.05) is 26.7 Å². The first-order valence-electron chi connectivity index (χ1n) is 13.2. The first-order chi connectivity index (χ1) is 20.7. The van der Waals surface area contributed by atoms with Crippen molar-refractivity contribution in [2.45, 2.75) is 17.1 Å². The van der Waals surface area contributed by atoms with E-state index >= 15 is 0 Å². The number of benzene rings is 4. The predicted octanol–water partition coefficient (Wildman–Crippen LogP) is 7.00. The zero-order chi connectivity index (χ0) is 30.8. The second kappa shape index (κ2) is 15.1. The summed E-state index contributed by atoms with van der Waals surface area (Å²) in [6.07, 6.45) is 1.61. The molecule has 0 radical (unpaired) electrons. The molecule has 4 rings (SSSR count). The largest absolute Gasteiger partial charge is 0.497 e. The molecule has 8 nitrogen and oxygen atoms in total. The molecule has 0 bridgehead atoms. The van der Waals surface area contributed by atoms with Crippen molar-refractivity contribution in [3.8, 4) is 11.5 Å². The summed E-state index contributed by atoms with van der Waals surface area (Å²) in [6, 6.07) is 28.4. The van der Waals surface area contributed by atoms with Gasteiger partial charge in [-0.2, -0.15) is 0 Å². The number of hydrogen-bond acceptors (Lipinski definition) is 6. The molecule has 220 valence electrons. The summed E-state index contributed by atoms with van der Waals surface area (Å²) >= 11 is 4.77. The van der Waals surface area contributed by atoms with E-state index in [9.17, 15) is 14.4 Å². The lowest BCUT2D eigenvalue weighted by Gasteiger charge is -2.16. The van der Waals surface area contributed by atoms with Crippen molar-refractivity contribution in [3.63, 3.8) is 0 Å². The van der Waals surface area contributed by atoms with Crippen LogP contribution in [-0.2, 0) is 9.59 Å². The van der Waals surface area contributed by atoms with Crippen LogP contribution in [0.15, 0.2) is 112 Å². The quantitative estimate of drug-likeness (QED) is 0.118. The highest BCUT2D eigenvalue weighted by atomic mass is 79.9. The maximum absolute atomic E-state index is 13.4. The van der Waals surface area contributed by atoms with Gasteiger partial charge in [-0.1, -0.05) is 52.3 Å². The van der Waals surface area contributed by atoms with Crippen LogP contribution in [0.5, 0.6) is 11.5 Å². The lowest BCUT2D eigenvalue weighted by molar-refractivity contribution is -0.115. The van der Waals surface area contributed by atoms with E-state index in [2.05, 4.69) is 31.9 Å². The summed E-state index contributed by atoms with van der Waals surface area (Å²) in [4.78, 5) is 40.1. The van der Waals surface area contributed by atoms with Crippen molar-refractivity contribution in [3.05, 3.63) is 118 Å². The monoisotopic (exact) mass is 659 g/mol. The number of nitrogens with one attached hydrogen (secondary N) is 3. The van der Waals surface area contributed by atoms with Crippen LogP contribution in [0.1, 0.15) is 22.8 Å². The van der Waals surface area contributed by atoms with E-state index in [0.29, 0.717) is 28.4 Å². The maximum atomic E-state index is 13.4. The van der Waals surface area contributed by atoms with E-state index in [1.807, 2.05) is 36.4 Å². The van der Waals surface area contributed by atoms with E-state index < -0.39 is 17.1 Å². The number of methoxy groups -OCH3 is 2. The van der Waals surface area contributed by atoms with Gasteiger partial charge in [0.25, 0.3) is 11.8 Å². The van der Waals surface area contributed by atoms with Crippen molar-refractivity contribution in [1.29, 1.82) is 0 Å². The van der Waals surface area contributed by atoms with Crippen LogP contribution in [0.25, 0.3) is 6.08 Å². The predicted molar refractivity (Wildman–Crippen MR) is 175 cm³/mol. The van der Waals surface area contributed by atoms with E-state index in [4.69, 9.17) is 9.47 Å². The van der Waals surface area contributed by atoms with E-state index in [-0.39, 0.29) is 11.6 Å². The van der Waals surface area contributed by atoms with E-state index in [1.165, 1.54) is 18.9 Å². The van der Waals surface area contributed by atoms with Crippen LogP contribution in [0, 0.1) is 0 Å². The number of thioether (sulfide) groups is 1. The van der Waals surface area contributed by atoms with Crippen molar-refractivity contribution in [2.75, 3.05) is 24.9 Å². The van der Waals surface area contributed by atoms with Crippen molar-refractivity contribution < 1.29 is 23.9 Å². The number of anilines is 2. The Morgan fingerprint density at radius 3 is 2.33 bits per heavy atom. The topological polar surface area (TPSA) is 106 Å². The van der Waals surface area contributed by atoms with Gasteiger partial charge >= 0.3 is 0 Å². The lowest BCUT2D eigenvalue weighted by Crippen LogP contribution is -2.30. The minimum Gasteiger partial charge on any atom is -0.497 e. The fourth-order valence-corrected chi connectivity index (χ4v) is 5.30. The molecule has 0 aliphatic carbocycles. The number of rotatable bonds is 11. The molecule has 4 aromatic carbocycles. The summed E-state index contributed by atoms with van der Waals surface area (Å²) in [7, 11) is 3.08. The van der Waals surface area contributed by atoms with Crippen LogP contribution in [0.4, 0.5) is 11.4 Å². The van der Waals surface area contributed by atoms with Crippen LogP contribution in [-0.4, -0.2) is 37.2 Å². The van der Waals surface area contributed by atoms with Gasteiger partial charge in [0.1, 0.15) is 17.2 Å². The Balaban J connectivity index is 1.48. The standard InChI is InChI=1S/C33H30BrN3O5S/c1-21(31(38)36-28-20-26(41-2)15-16-30(28)42-3)43-27-14-8-13-25(19-27)35-33(40)29(18-22-9-7-12-24(34)17-22)37-32(39)23-10-5-4-6-11-23/h4-21H,1-3H3,(H,35,40)(H,36,38)(H,37,39)/b29-18+. The molecule has 0 saturated carbocycles. The number of ether oxygens (including phenoxy) is 2. The molecule has 0 aliphatic heterocycles. The third-order valence-corrected chi connectivity index (χ3v) is 7.71. The zero-order valence-corrected chi connectivity index (χ0v) is 26.1. The molecule has 3 amide bonds. The highest BCUT2D eigenvalue weighted by Crippen LogP contribution is 2.31. The molecule has 1 atom stereocenters. The highest BCUT2D eigenvalue weighted by Gasteiger charge is 2.19. The van der Waals surface area contributed by atoms with Gasteiger partial charge in [-0.25, -0.2) is 0 Å². The van der Waals surface area contributed by atoms with Crippen molar-refractivity contribution in [1.82, 2.24) is 5.32 Å². The van der Waals surface area contributed by atoms with Gasteiger partial charge in [-0.3, -0.25) is 14.4 Å². The number of carbonyl (C=O) groups is 3. The molecule has 10 heteroatoms. The Morgan fingerprint density at radius 1 is 0.837 bits per heavy atom. The van der Waals surface area contributed by atoms with Crippen LogP contribution in [0.3, 0.4) is 0 Å². The molecule has 0 heterocycles. The molecule has 0 spiro atoms. The molecule has 43 heavy (non-hydrogen) atoms. The first kappa shape index (κ1) is 31.4. The lowest BCUT2D eigenvalue weighted by atomic mass is 10.1. The Kier molecular flexibility index (Phi) is 11.0. The van der Waals surface area contributed by atoms with Gasteiger partial charge in [0.05, 0.1) is 25.2 Å². The SMILES string of the molecule is COc1ccc(OC)c(NC(=O)C(C)Sc2cccc(NC(=O)/C(=C\c3cccc(Br)c3)NC(=O)c3ccccc3)c2)c1. The van der Waals surface area contributed by atoms with E-state index in [1.54, 1.807) is 80.8 Å². The highest BCUT2D eigenvalue weighted by molar-refractivity contribution is 9.10. The number of hydrogen-bond donors (Lipinski definition) is 3. The molecule has 0 saturated heterocycles. The third kappa shape index (κ3) is 8.97. The summed E-state index contributed by atoms with van der Waals surface area (Å²) in [6.45, 7) is 1.79. The molecular weight excluding hydrogens is 630 g/mol. The summed E-state index contributed by atoms with van der Waals surface area (Å²) in [5.41, 5.74) is 2.23. The third-order valence-electron chi connectivity index (χ3n) is 6.13. The average Bonchev–Trinajstić information content (AvgIpc) is 3.01. The molecule has 4 aromatic rings. The van der Waals surface area contributed by atoms with Crippen molar-refractivity contribution >= 4 is 62.9 Å². The van der Waals surface area contributed by atoms with Gasteiger partial charge in [-0.15, -0.1) is 11.8 Å². The van der Waals surface area contributed by atoms with Crippen molar-refractivity contribution in [2.24, 2.45) is 0 Å². The second-order valence-electron chi connectivity index (χ2n) is 9.23. The van der Waals surface area contributed by atoms with E-state index in [0.717, 1.165) is 14.9 Å². The number of amides is 3. The fourth-order valence-electron chi connectivity index (χ4n) is 3.95. The molecular formula is C33H30BrN3O5S.